The van der Waals surface area contributed by atoms with Crippen LogP contribution in [0, 0.1) is 6.92 Å². The summed E-state index contributed by atoms with van der Waals surface area (Å²) in [7, 11) is 0. The van der Waals surface area contributed by atoms with E-state index in [1.54, 1.807) is 6.92 Å². The van der Waals surface area contributed by atoms with Crippen molar-refractivity contribution in [2.75, 3.05) is 6.61 Å². The first-order chi connectivity index (χ1) is 11.2. The van der Waals surface area contributed by atoms with Gasteiger partial charge in [0.15, 0.2) is 5.76 Å². The van der Waals surface area contributed by atoms with Crippen molar-refractivity contribution in [3.05, 3.63) is 65.7 Å². The number of nitrogens with zero attached hydrogens (tertiary/aromatic N) is 1. The molecule has 0 unspecified atom stereocenters. The van der Waals surface area contributed by atoms with E-state index in [1.165, 1.54) is 0 Å². The van der Waals surface area contributed by atoms with Crippen LogP contribution >= 0.6 is 0 Å². The molecule has 0 spiro atoms. The van der Waals surface area contributed by atoms with Gasteiger partial charge >= 0.3 is 5.97 Å². The highest BCUT2D eigenvalue weighted by atomic mass is 16.5. The van der Waals surface area contributed by atoms with Crippen molar-refractivity contribution in [2.24, 2.45) is 0 Å². The molecule has 0 radical (unpaired) electrons. The van der Waals surface area contributed by atoms with Crippen LogP contribution < -0.4 is 0 Å². The van der Waals surface area contributed by atoms with Crippen molar-refractivity contribution >= 4 is 5.97 Å². The predicted octanol–water partition coefficient (Wildman–Crippen LogP) is 4.49. The zero-order valence-corrected chi connectivity index (χ0v) is 13.1. The van der Waals surface area contributed by atoms with Crippen molar-refractivity contribution in [1.82, 2.24) is 5.16 Å². The number of ether oxygens (including phenoxy) is 1. The second-order valence-electron chi connectivity index (χ2n) is 5.19. The second kappa shape index (κ2) is 6.48. The number of aromatic nitrogens is 1. The molecule has 0 amide bonds. The van der Waals surface area contributed by atoms with Crippen LogP contribution in [-0.4, -0.2) is 17.7 Å². The van der Waals surface area contributed by atoms with Crippen molar-refractivity contribution in [3.63, 3.8) is 0 Å². The summed E-state index contributed by atoms with van der Waals surface area (Å²) in [5, 5.41) is 4.11. The Morgan fingerprint density at radius 3 is 2.39 bits per heavy atom. The lowest BCUT2D eigenvalue weighted by molar-refractivity contribution is 0.0527. The van der Waals surface area contributed by atoms with Gasteiger partial charge < -0.3 is 9.26 Å². The summed E-state index contributed by atoms with van der Waals surface area (Å²) in [6.07, 6.45) is 0. The van der Waals surface area contributed by atoms with Gasteiger partial charge in [0, 0.05) is 11.1 Å². The molecule has 0 N–H and O–H groups in total. The fraction of sp³-hybridized carbons (Fsp3) is 0.158. The maximum Gasteiger partial charge on any atom is 0.344 e. The van der Waals surface area contributed by atoms with E-state index in [0.29, 0.717) is 23.6 Å². The highest BCUT2D eigenvalue weighted by molar-refractivity contribution is 6.01. The van der Waals surface area contributed by atoms with E-state index >= 15 is 0 Å². The van der Waals surface area contributed by atoms with Crippen molar-refractivity contribution < 1.29 is 14.1 Å². The van der Waals surface area contributed by atoms with Crippen LogP contribution in [0.25, 0.3) is 22.6 Å². The van der Waals surface area contributed by atoms with E-state index in [2.05, 4.69) is 5.16 Å². The third-order valence-corrected chi connectivity index (χ3v) is 3.53. The summed E-state index contributed by atoms with van der Waals surface area (Å²) < 4.78 is 10.7. The first kappa shape index (κ1) is 15.0. The molecular weight excluding hydrogens is 290 g/mol. The van der Waals surface area contributed by atoms with E-state index in [9.17, 15) is 4.79 Å². The Morgan fingerprint density at radius 2 is 1.74 bits per heavy atom. The number of aryl methyl sites for hydroxylation is 1. The molecular formula is C19H17NO3. The number of carbonyl (C=O) groups excluding carboxylic acids is 1. The molecule has 0 bridgehead atoms. The fourth-order valence-corrected chi connectivity index (χ4v) is 2.38. The van der Waals surface area contributed by atoms with Crippen LogP contribution in [0.2, 0.25) is 0 Å². The van der Waals surface area contributed by atoms with Gasteiger partial charge in [0.2, 0.25) is 0 Å². The number of carbonyl (C=O) groups is 1. The molecule has 4 heteroatoms. The summed E-state index contributed by atoms with van der Waals surface area (Å²) >= 11 is 0. The van der Waals surface area contributed by atoms with Crippen LogP contribution in [0.3, 0.4) is 0 Å². The maximum absolute atomic E-state index is 12.4. The lowest BCUT2D eigenvalue weighted by atomic mass is 10.0. The molecule has 3 rings (SSSR count). The third-order valence-electron chi connectivity index (χ3n) is 3.53. The Labute approximate surface area is 134 Å². The van der Waals surface area contributed by atoms with Crippen molar-refractivity contribution in [2.45, 2.75) is 13.8 Å². The standard InChI is InChI=1S/C19H17NO3/c1-3-22-19(21)16-17(14-7-5-4-6-8-14)20-23-18(16)15-11-9-13(2)10-12-15/h4-12H,3H2,1-2H3. The van der Waals surface area contributed by atoms with Gasteiger partial charge in [-0.15, -0.1) is 0 Å². The predicted molar refractivity (Wildman–Crippen MR) is 88.1 cm³/mol. The summed E-state index contributed by atoms with van der Waals surface area (Å²) in [4.78, 5) is 12.4. The zero-order chi connectivity index (χ0) is 16.2. The molecule has 4 nitrogen and oxygen atoms in total. The largest absolute Gasteiger partial charge is 0.462 e. The van der Waals surface area contributed by atoms with Gasteiger partial charge in [-0.3, -0.25) is 0 Å². The smallest absolute Gasteiger partial charge is 0.344 e. The average Bonchev–Trinajstić information content (AvgIpc) is 3.01. The van der Waals surface area contributed by atoms with Gasteiger partial charge in [-0.25, -0.2) is 4.79 Å². The van der Waals surface area contributed by atoms with Crippen molar-refractivity contribution in [3.8, 4) is 22.6 Å². The van der Waals surface area contributed by atoms with Crippen molar-refractivity contribution in [1.29, 1.82) is 0 Å². The molecule has 3 aromatic rings. The van der Waals surface area contributed by atoms with Gasteiger partial charge in [-0.2, -0.15) is 0 Å². The average molecular weight is 307 g/mol. The molecule has 0 fully saturated rings. The molecule has 0 aliphatic heterocycles. The molecule has 1 heterocycles. The Balaban J connectivity index is 2.15. The Bertz CT molecular complexity index is 804. The molecule has 0 aliphatic rings. The van der Waals surface area contributed by atoms with Crippen LogP contribution in [0.4, 0.5) is 0 Å². The summed E-state index contributed by atoms with van der Waals surface area (Å²) in [6.45, 7) is 4.08. The molecule has 0 saturated carbocycles. The van der Waals surface area contributed by atoms with E-state index in [0.717, 1.165) is 16.7 Å². The summed E-state index contributed by atoms with van der Waals surface area (Å²) in [5.74, 6) is 0.00508. The van der Waals surface area contributed by atoms with Gasteiger partial charge in [-0.05, 0) is 13.8 Å². The van der Waals surface area contributed by atoms with Crippen LogP contribution in [0.15, 0.2) is 59.1 Å². The van der Waals surface area contributed by atoms with E-state index in [4.69, 9.17) is 9.26 Å². The number of hydrogen-bond donors (Lipinski definition) is 0. The Kier molecular flexibility index (Phi) is 4.24. The third kappa shape index (κ3) is 3.01. The first-order valence-corrected chi connectivity index (χ1v) is 7.50. The van der Waals surface area contributed by atoms with E-state index in [1.807, 2.05) is 61.5 Å². The summed E-state index contributed by atoms with van der Waals surface area (Å²) in [5.41, 5.74) is 3.61. The van der Waals surface area contributed by atoms with E-state index < -0.39 is 5.97 Å². The Hall–Kier alpha value is -2.88. The minimum absolute atomic E-state index is 0.297. The number of hydrogen-bond acceptors (Lipinski definition) is 4. The van der Waals surface area contributed by atoms with Crippen LogP contribution in [-0.2, 0) is 4.74 Å². The monoisotopic (exact) mass is 307 g/mol. The minimum atomic E-state index is -0.428. The Morgan fingerprint density at radius 1 is 1.04 bits per heavy atom. The first-order valence-electron chi connectivity index (χ1n) is 7.50. The highest BCUT2D eigenvalue weighted by Gasteiger charge is 2.26. The second-order valence-corrected chi connectivity index (χ2v) is 5.19. The SMILES string of the molecule is CCOC(=O)c1c(-c2ccccc2)noc1-c1ccc(C)cc1. The number of benzene rings is 2. The molecule has 2 aromatic carbocycles. The normalized spacial score (nSPS) is 10.5. The van der Waals surface area contributed by atoms with Gasteiger partial charge in [0.05, 0.1) is 6.61 Å². The van der Waals surface area contributed by atoms with Crippen LogP contribution in [0.1, 0.15) is 22.8 Å². The van der Waals surface area contributed by atoms with E-state index in [-0.39, 0.29) is 0 Å². The topological polar surface area (TPSA) is 52.3 Å². The minimum Gasteiger partial charge on any atom is -0.462 e. The molecule has 23 heavy (non-hydrogen) atoms. The molecule has 0 atom stereocenters. The molecule has 0 saturated heterocycles. The summed E-state index contributed by atoms with van der Waals surface area (Å²) in [6, 6.07) is 17.2. The molecule has 116 valence electrons. The van der Waals surface area contributed by atoms with Gasteiger partial charge in [-0.1, -0.05) is 65.3 Å². The maximum atomic E-state index is 12.4. The lowest BCUT2D eigenvalue weighted by Crippen LogP contribution is -2.06. The lowest BCUT2D eigenvalue weighted by Gasteiger charge is -2.04. The quantitative estimate of drug-likeness (QED) is 0.666. The molecule has 0 aliphatic carbocycles. The molecule has 1 aromatic heterocycles. The van der Waals surface area contributed by atoms with Gasteiger partial charge in [0.1, 0.15) is 11.3 Å². The zero-order valence-electron chi connectivity index (χ0n) is 13.1. The highest BCUT2D eigenvalue weighted by Crippen LogP contribution is 2.32. The van der Waals surface area contributed by atoms with Gasteiger partial charge in [0.25, 0.3) is 0 Å². The number of esters is 1. The number of rotatable bonds is 4. The fourth-order valence-electron chi connectivity index (χ4n) is 2.38. The van der Waals surface area contributed by atoms with Crippen LogP contribution in [0.5, 0.6) is 0 Å².